The molecule has 1 aromatic rings. The van der Waals surface area contributed by atoms with Crippen molar-refractivity contribution in [3.8, 4) is 0 Å². The fourth-order valence-electron chi connectivity index (χ4n) is 3.84. The Morgan fingerprint density at radius 1 is 0.926 bits per heavy atom. The van der Waals surface area contributed by atoms with Crippen LogP contribution in [0.25, 0.3) is 0 Å². The summed E-state index contributed by atoms with van der Waals surface area (Å²) in [6.07, 6.45) is -3.42. The Labute approximate surface area is 155 Å². The van der Waals surface area contributed by atoms with E-state index in [0.717, 1.165) is 0 Å². The summed E-state index contributed by atoms with van der Waals surface area (Å²) < 4.78 is 38.2. The normalized spacial score (nSPS) is 21.4. The van der Waals surface area contributed by atoms with Crippen molar-refractivity contribution in [3.63, 3.8) is 0 Å². The van der Waals surface area contributed by atoms with E-state index in [4.69, 9.17) is 0 Å². The van der Waals surface area contributed by atoms with Gasteiger partial charge in [-0.1, -0.05) is 30.3 Å². The Morgan fingerprint density at radius 3 is 2.15 bits per heavy atom. The van der Waals surface area contributed by atoms with E-state index in [1.165, 1.54) is 4.90 Å². The van der Waals surface area contributed by atoms with Gasteiger partial charge < -0.3 is 9.80 Å². The van der Waals surface area contributed by atoms with Crippen LogP contribution in [0.2, 0.25) is 0 Å². The number of piperidine rings is 1. The molecule has 0 N–H and O–H groups in total. The first kappa shape index (κ1) is 19.4. The van der Waals surface area contributed by atoms with Crippen LogP contribution < -0.4 is 0 Å². The lowest BCUT2D eigenvalue weighted by Gasteiger charge is -2.35. The van der Waals surface area contributed by atoms with Crippen molar-refractivity contribution in [1.29, 1.82) is 0 Å². The summed E-state index contributed by atoms with van der Waals surface area (Å²) in [6.45, 7) is 0.566. The fourth-order valence-corrected chi connectivity index (χ4v) is 3.84. The molecule has 2 aliphatic rings. The van der Waals surface area contributed by atoms with E-state index in [9.17, 15) is 27.6 Å². The molecule has 27 heavy (non-hydrogen) atoms. The van der Waals surface area contributed by atoms with Gasteiger partial charge in [-0.15, -0.1) is 0 Å². The molecule has 0 spiro atoms. The van der Waals surface area contributed by atoms with Gasteiger partial charge in [-0.3, -0.25) is 14.4 Å². The van der Waals surface area contributed by atoms with Crippen LogP contribution in [0.15, 0.2) is 30.3 Å². The van der Waals surface area contributed by atoms with Crippen molar-refractivity contribution in [2.75, 3.05) is 19.6 Å². The number of carbonyl (C=O) groups excluding carboxylic acids is 3. The summed E-state index contributed by atoms with van der Waals surface area (Å²) in [5, 5.41) is 0. The standard InChI is InChI=1S/C19H21F3N2O3/c20-19(21,22)18(27)24-10-4-7-15(24)17(26)23-11-8-14(9-12-23)16(25)13-5-2-1-3-6-13/h1-3,5-6,14-15H,4,7-12H2. The zero-order valence-electron chi connectivity index (χ0n) is 14.7. The number of nitrogens with zero attached hydrogens (tertiary/aromatic N) is 2. The zero-order valence-corrected chi connectivity index (χ0v) is 14.7. The first-order chi connectivity index (χ1) is 12.8. The molecule has 1 aromatic carbocycles. The topological polar surface area (TPSA) is 57.7 Å². The number of hydrogen-bond donors (Lipinski definition) is 0. The molecule has 2 saturated heterocycles. The molecule has 2 fully saturated rings. The summed E-state index contributed by atoms with van der Waals surface area (Å²) in [5.74, 6) is -2.58. The molecule has 0 radical (unpaired) electrons. The van der Waals surface area contributed by atoms with Crippen LogP contribution in [-0.4, -0.2) is 59.2 Å². The third kappa shape index (κ3) is 4.14. The molecule has 1 atom stereocenters. The van der Waals surface area contributed by atoms with Gasteiger partial charge in [-0.2, -0.15) is 13.2 Å². The Balaban J connectivity index is 1.60. The van der Waals surface area contributed by atoms with E-state index in [1.807, 2.05) is 6.07 Å². The minimum absolute atomic E-state index is 0.0254. The molecule has 0 aliphatic carbocycles. The average molecular weight is 382 g/mol. The quantitative estimate of drug-likeness (QED) is 0.756. The van der Waals surface area contributed by atoms with Crippen molar-refractivity contribution < 1.29 is 27.6 Å². The predicted octanol–water partition coefficient (Wildman–Crippen LogP) is 2.66. The Morgan fingerprint density at radius 2 is 1.56 bits per heavy atom. The first-order valence-electron chi connectivity index (χ1n) is 9.05. The molecule has 5 nitrogen and oxygen atoms in total. The number of ketones is 1. The smallest absolute Gasteiger partial charge is 0.341 e. The lowest BCUT2D eigenvalue weighted by molar-refractivity contribution is -0.187. The number of rotatable bonds is 3. The summed E-state index contributed by atoms with van der Waals surface area (Å²) >= 11 is 0. The van der Waals surface area contributed by atoms with E-state index >= 15 is 0 Å². The molecule has 2 amide bonds. The van der Waals surface area contributed by atoms with Crippen LogP contribution in [0.4, 0.5) is 13.2 Å². The number of carbonyl (C=O) groups is 3. The largest absolute Gasteiger partial charge is 0.471 e. The SMILES string of the molecule is O=C(c1ccccc1)C1CCN(C(=O)C2CCCN2C(=O)C(F)(F)F)CC1. The highest BCUT2D eigenvalue weighted by Crippen LogP contribution is 2.28. The van der Waals surface area contributed by atoms with Crippen LogP contribution >= 0.6 is 0 Å². The summed E-state index contributed by atoms with van der Waals surface area (Å²) in [4.78, 5) is 38.8. The van der Waals surface area contributed by atoms with E-state index in [0.29, 0.717) is 42.8 Å². The molecule has 146 valence electrons. The van der Waals surface area contributed by atoms with Crippen LogP contribution in [0, 0.1) is 5.92 Å². The average Bonchev–Trinajstić information content (AvgIpc) is 3.16. The van der Waals surface area contributed by atoms with Crippen molar-refractivity contribution in [3.05, 3.63) is 35.9 Å². The number of hydrogen-bond acceptors (Lipinski definition) is 3. The number of alkyl halides is 3. The van der Waals surface area contributed by atoms with Crippen LogP contribution in [0.1, 0.15) is 36.0 Å². The summed E-state index contributed by atoms with van der Waals surface area (Å²) in [6, 6.07) is 7.85. The van der Waals surface area contributed by atoms with E-state index < -0.39 is 24.0 Å². The van der Waals surface area contributed by atoms with Gasteiger partial charge in [0.2, 0.25) is 5.91 Å². The number of amides is 2. The van der Waals surface area contributed by atoms with Gasteiger partial charge in [0.15, 0.2) is 5.78 Å². The number of benzene rings is 1. The van der Waals surface area contributed by atoms with Crippen LogP contribution in [-0.2, 0) is 9.59 Å². The van der Waals surface area contributed by atoms with E-state index in [2.05, 4.69) is 0 Å². The van der Waals surface area contributed by atoms with Crippen molar-refractivity contribution in [2.24, 2.45) is 5.92 Å². The molecule has 3 rings (SSSR count). The molecule has 0 saturated carbocycles. The van der Waals surface area contributed by atoms with Crippen molar-refractivity contribution in [1.82, 2.24) is 9.80 Å². The Bertz CT molecular complexity index is 713. The highest BCUT2D eigenvalue weighted by molar-refractivity contribution is 5.98. The minimum Gasteiger partial charge on any atom is -0.341 e. The molecular weight excluding hydrogens is 361 g/mol. The molecule has 8 heteroatoms. The number of Topliss-reactive ketones (excluding diaryl/α,β-unsaturated/α-hetero) is 1. The third-order valence-corrected chi connectivity index (χ3v) is 5.28. The maximum absolute atomic E-state index is 12.7. The van der Waals surface area contributed by atoms with Crippen LogP contribution in [0.3, 0.4) is 0 Å². The first-order valence-corrected chi connectivity index (χ1v) is 9.05. The molecular formula is C19H21F3N2O3. The lowest BCUT2D eigenvalue weighted by Crippen LogP contribution is -2.53. The highest BCUT2D eigenvalue weighted by Gasteiger charge is 2.48. The Hall–Kier alpha value is -2.38. The minimum atomic E-state index is -4.97. The van der Waals surface area contributed by atoms with Crippen molar-refractivity contribution in [2.45, 2.75) is 37.9 Å². The van der Waals surface area contributed by atoms with Crippen molar-refractivity contribution >= 4 is 17.6 Å². The second kappa shape index (κ2) is 7.70. The molecule has 0 bridgehead atoms. The summed E-state index contributed by atoms with van der Waals surface area (Å²) in [7, 11) is 0. The Kier molecular flexibility index (Phi) is 5.53. The van der Waals surface area contributed by atoms with Gasteiger partial charge in [0.1, 0.15) is 6.04 Å². The fraction of sp³-hybridized carbons (Fsp3) is 0.526. The maximum Gasteiger partial charge on any atom is 0.471 e. The van der Waals surface area contributed by atoms with E-state index in [1.54, 1.807) is 24.3 Å². The molecule has 1 unspecified atom stereocenters. The maximum atomic E-state index is 12.7. The highest BCUT2D eigenvalue weighted by atomic mass is 19.4. The lowest BCUT2D eigenvalue weighted by atomic mass is 9.88. The zero-order chi connectivity index (χ0) is 19.6. The predicted molar refractivity (Wildman–Crippen MR) is 90.9 cm³/mol. The van der Waals surface area contributed by atoms with Gasteiger partial charge in [0, 0.05) is 31.1 Å². The van der Waals surface area contributed by atoms with Gasteiger partial charge in [0.25, 0.3) is 0 Å². The second-order valence-corrected chi connectivity index (χ2v) is 6.98. The summed E-state index contributed by atoms with van der Waals surface area (Å²) in [5.41, 5.74) is 0.625. The molecule has 2 heterocycles. The number of likely N-dealkylation sites (tertiary alicyclic amines) is 2. The van der Waals surface area contributed by atoms with Gasteiger partial charge in [-0.05, 0) is 25.7 Å². The monoisotopic (exact) mass is 382 g/mol. The van der Waals surface area contributed by atoms with Gasteiger partial charge in [0.05, 0.1) is 0 Å². The number of halogens is 3. The van der Waals surface area contributed by atoms with E-state index in [-0.39, 0.29) is 24.7 Å². The molecule has 2 aliphatic heterocycles. The van der Waals surface area contributed by atoms with Gasteiger partial charge in [-0.25, -0.2) is 0 Å². The van der Waals surface area contributed by atoms with Gasteiger partial charge >= 0.3 is 12.1 Å². The third-order valence-electron chi connectivity index (χ3n) is 5.28. The second-order valence-electron chi connectivity index (χ2n) is 6.98. The van der Waals surface area contributed by atoms with Crippen LogP contribution in [0.5, 0.6) is 0 Å². The molecule has 0 aromatic heterocycles.